The second-order valence-electron chi connectivity index (χ2n) is 3.35. The lowest BCUT2D eigenvalue weighted by molar-refractivity contribution is 0.130. The predicted molar refractivity (Wildman–Crippen MR) is 71.3 cm³/mol. The average Bonchev–Trinajstić information content (AvgIpc) is 2.85. The Kier molecular flexibility index (Phi) is 4.01. The molecule has 88 valence electrons. The number of oxime groups is 1. The quantitative estimate of drug-likeness (QED) is 0.525. The summed E-state index contributed by atoms with van der Waals surface area (Å²) >= 11 is 7.54. The zero-order valence-electron chi connectivity index (χ0n) is 8.97. The van der Waals surface area contributed by atoms with Crippen molar-refractivity contribution in [3.05, 3.63) is 57.2 Å². The summed E-state index contributed by atoms with van der Waals surface area (Å²) in [5, 5.41) is 8.36. The monoisotopic (exact) mass is 266 g/mol. The first kappa shape index (κ1) is 12.0. The molecular weight excluding hydrogens is 256 g/mol. The smallest absolute Gasteiger partial charge is 0.171 e. The standard InChI is InChI=1S/C12H11ClN2OS/c13-11-4-2-1-3-9(11)7-16-15-12(14)10-5-6-17-8-10/h1-6,8H,7H2,(H2,14,15). The van der Waals surface area contributed by atoms with Gasteiger partial charge in [0, 0.05) is 21.5 Å². The highest BCUT2D eigenvalue weighted by Gasteiger charge is 2.01. The third-order valence-corrected chi connectivity index (χ3v) is 3.21. The van der Waals surface area contributed by atoms with E-state index in [-0.39, 0.29) is 0 Å². The van der Waals surface area contributed by atoms with Crippen LogP contribution in [0.15, 0.2) is 46.2 Å². The van der Waals surface area contributed by atoms with Gasteiger partial charge in [-0.25, -0.2) is 0 Å². The van der Waals surface area contributed by atoms with Gasteiger partial charge in [0.15, 0.2) is 5.84 Å². The molecule has 5 heteroatoms. The molecule has 0 aliphatic heterocycles. The van der Waals surface area contributed by atoms with E-state index in [9.17, 15) is 0 Å². The Morgan fingerprint density at radius 3 is 2.88 bits per heavy atom. The van der Waals surface area contributed by atoms with Crippen molar-refractivity contribution in [1.82, 2.24) is 0 Å². The zero-order valence-corrected chi connectivity index (χ0v) is 10.5. The van der Waals surface area contributed by atoms with Crippen molar-refractivity contribution >= 4 is 28.8 Å². The number of rotatable bonds is 4. The van der Waals surface area contributed by atoms with Crippen LogP contribution in [-0.4, -0.2) is 5.84 Å². The summed E-state index contributed by atoms with van der Waals surface area (Å²) in [6.07, 6.45) is 0. The van der Waals surface area contributed by atoms with Gasteiger partial charge in [-0.2, -0.15) is 11.3 Å². The first-order valence-corrected chi connectivity index (χ1v) is 6.31. The molecule has 2 aromatic rings. The van der Waals surface area contributed by atoms with Gasteiger partial charge in [0.25, 0.3) is 0 Å². The third-order valence-electron chi connectivity index (χ3n) is 2.16. The molecule has 3 nitrogen and oxygen atoms in total. The van der Waals surface area contributed by atoms with E-state index in [1.54, 1.807) is 11.3 Å². The number of thiophene rings is 1. The van der Waals surface area contributed by atoms with E-state index in [0.717, 1.165) is 11.1 Å². The Balaban J connectivity index is 1.96. The van der Waals surface area contributed by atoms with Crippen LogP contribution in [0.2, 0.25) is 5.02 Å². The second-order valence-corrected chi connectivity index (χ2v) is 4.54. The van der Waals surface area contributed by atoms with Crippen LogP contribution in [0.25, 0.3) is 0 Å². The van der Waals surface area contributed by atoms with Gasteiger partial charge in [-0.15, -0.1) is 0 Å². The molecule has 0 fully saturated rings. The number of hydrogen-bond acceptors (Lipinski definition) is 3. The summed E-state index contributed by atoms with van der Waals surface area (Å²) in [5.74, 6) is 0.373. The Hall–Kier alpha value is -1.52. The lowest BCUT2D eigenvalue weighted by atomic mass is 10.2. The maximum absolute atomic E-state index is 5.98. The highest BCUT2D eigenvalue weighted by molar-refractivity contribution is 7.08. The van der Waals surface area contributed by atoms with Gasteiger partial charge in [0.05, 0.1) is 0 Å². The Morgan fingerprint density at radius 1 is 1.35 bits per heavy atom. The van der Waals surface area contributed by atoms with E-state index in [4.69, 9.17) is 22.2 Å². The normalized spacial score (nSPS) is 11.5. The van der Waals surface area contributed by atoms with E-state index in [2.05, 4.69) is 5.16 Å². The van der Waals surface area contributed by atoms with Crippen molar-refractivity contribution < 1.29 is 4.84 Å². The van der Waals surface area contributed by atoms with Gasteiger partial charge in [-0.3, -0.25) is 0 Å². The molecule has 0 saturated carbocycles. The lowest BCUT2D eigenvalue weighted by Crippen LogP contribution is -2.12. The fourth-order valence-electron chi connectivity index (χ4n) is 1.25. The summed E-state index contributed by atoms with van der Waals surface area (Å²) < 4.78 is 0. The maximum atomic E-state index is 5.98. The van der Waals surface area contributed by atoms with Crippen molar-refractivity contribution in [2.45, 2.75) is 6.61 Å². The molecule has 0 radical (unpaired) electrons. The Morgan fingerprint density at radius 2 is 2.18 bits per heavy atom. The fraction of sp³-hybridized carbons (Fsp3) is 0.0833. The van der Waals surface area contributed by atoms with Gasteiger partial charge in [0.2, 0.25) is 0 Å². The van der Waals surface area contributed by atoms with Crippen LogP contribution in [0.1, 0.15) is 11.1 Å². The maximum Gasteiger partial charge on any atom is 0.171 e. The van der Waals surface area contributed by atoms with Crippen molar-refractivity contribution in [2.75, 3.05) is 0 Å². The third kappa shape index (κ3) is 3.22. The molecule has 0 aliphatic rings. The molecule has 2 rings (SSSR count). The Bertz CT molecular complexity index is 511. The summed E-state index contributed by atoms with van der Waals surface area (Å²) in [6.45, 7) is 0.310. The van der Waals surface area contributed by atoms with E-state index in [1.165, 1.54) is 0 Å². The molecular formula is C12H11ClN2OS. The molecule has 0 aliphatic carbocycles. The van der Waals surface area contributed by atoms with E-state index >= 15 is 0 Å². The molecule has 2 N–H and O–H groups in total. The van der Waals surface area contributed by atoms with Gasteiger partial charge >= 0.3 is 0 Å². The minimum absolute atomic E-state index is 0.310. The number of nitrogens with two attached hydrogens (primary N) is 1. The molecule has 0 saturated heterocycles. The Labute approximate surface area is 108 Å². The topological polar surface area (TPSA) is 47.6 Å². The van der Waals surface area contributed by atoms with Crippen LogP contribution >= 0.6 is 22.9 Å². The molecule has 1 aromatic heterocycles. The number of benzene rings is 1. The highest BCUT2D eigenvalue weighted by atomic mass is 35.5. The molecule has 0 atom stereocenters. The van der Waals surface area contributed by atoms with Crippen LogP contribution < -0.4 is 5.73 Å². The minimum Gasteiger partial charge on any atom is -0.389 e. The summed E-state index contributed by atoms with van der Waals surface area (Å²) in [4.78, 5) is 5.17. The summed E-state index contributed by atoms with van der Waals surface area (Å²) in [7, 11) is 0. The van der Waals surface area contributed by atoms with Crippen LogP contribution in [0.5, 0.6) is 0 Å². The number of halogens is 1. The van der Waals surface area contributed by atoms with Crippen LogP contribution in [0.3, 0.4) is 0 Å². The molecule has 1 aromatic carbocycles. The van der Waals surface area contributed by atoms with Gasteiger partial charge in [-0.05, 0) is 17.5 Å². The van der Waals surface area contributed by atoms with Gasteiger partial charge in [0.1, 0.15) is 6.61 Å². The van der Waals surface area contributed by atoms with E-state index < -0.39 is 0 Å². The summed E-state index contributed by atoms with van der Waals surface area (Å²) in [5.41, 5.74) is 7.50. The number of nitrogens with zero attached hydrogens (tertiary/aromatic N) is 1. The van der Waals surface area contributed by atoms with Crippen molar-refractivity contribution in [2.24, 2.45) is 10.9 Å². The predicted octanol–water partition coefficient (Wildman–Crippen LogP) is 3.24. The first-order chi connectivity index (χ1) is 8.27. The zero-order chi connectivity index (χ0) is 12.1. The minimum atomic E-state index is 0.310. The number of amidine groups is 1. The van der Waals surface area contributed by atoms with E-state index in [0.29, 0.717) is 17.5 Å². The van der Waals surface area contributed by atoms with Crippen molar-refractivity contribution in [3.8, 4) is 0 Å². The molecule has 1 heterocycles. The lowest BCUT2D eigenvalue weighted by Gasteiger charge is -2.03. The summed E-state index contributed by atoms with van der Waals surface area (Å²) in [6, 6.07) is 9.36. The average molecular weight is 267 g/mol. The molecule has 17 heavy (non-hydrogen) atoms. The molecule has 0 amide bonds. The van der Waals surface area contributed by atoms with Gasteiger partial charge in [-0.1, -0.05) is 35.0 Å². The van der Waals surface area contributed by atoms with E-state index in [1.807, 2.05) is 41.1 Å². The molecule has 0 unspecified atom stereocenters. The number of hydrogen-bond donors (Lipinski definition) is 1. The molecule has 0 spiro atoms. The highest BCUT2D eigenvalue weighted by Crippen LogP contribution is 2.15. The van der Waals surface area contributed by atoms with Crippen LogP contribution in [0.4, 0.5) is 0 Å². The first-order valence-electron chi connectivity index (χ1n) is 4.99. The largest absolute Gasteiger partial charge is 0.389 e. The molecule has 0 bridgehead atoms. The van der Waals surface area contributed by atoms with Crippen LogP contribution in [-0.2, 0) is 11.4 Å². The SMILES string of the molecule is N/C(=N\OCc1ccccc1Cl)c1ccsc1. The van der Waals surface area contributed by atoms with Gasteiger partial charge < -0.3 is 10.6 Å². The second kappa shape index (κ2) is 5.70. The van der Waals surface area contributed by atoms with Crippen molar-refractivity contribution in [3.63, 3.8) is 0 Å². The fourth-order valence-corrected chi connectivity index (χ4v) is 2.09. The van der Waals surface area contributed by atoms with Crippen molar-refractivity contribution in [1.29, 1.82) is 0 Å². The van der Waals surface area contributed by atoms with Crippen LogP contribution in [0, 0.1) is 0 Å².